The third-order valence-corrected chi connectivity index (χ3v) is 1.11. The molecule has 0 fully saturated rings. The van der Waals surface area contributed by atoms with E-state index in [1.54, 1.807) is 0 Å². The number of rotatable bonds is 0. The zero-order chi connectivity index (χ0) is 5.28. The van der Waals surface area contributed by atoms with Crippen LogP contribution in [0.4, 0.5) is 0 Å². The van der Waals surface area contributed by atoms with Gasteiger partial charge in [-0.25, -0.2) is 11.6 Å². The third kappa shape index (κ3) is 1.98. The monoisotopic (exact) mass is 141 g/mol. The van der Waals surface area contributed by atoms with Crippen LogP contribution in [0, 0.1) is 6.08 Å². The molecule has 0 amide bonds. The predicted octanol–water partition coefficient (Wildman–Crippen LogP) is 2.08. The van der Waals surface area contributed by atoms with Crippen molar-refractivity contribution >= 4 is 0 Å². The molecule has 1 aliphatic rings. The molecule has 0 unspecified atom stereocenters. The summed E-state index contributed by atoms with van der Waals surface area (Å²) in [4.78, 5) is 0. The van der Waals surface area contributed by atoms with Crippen LogP contribution in [0.2, 0.25) is 0 Å². The molecular formula is C7H9Ti-. The minimum atomic E-state index is 0. The fraction of sp³-hybridized carbons (Fsp3) is 0.429. The van der Waals surface area contributed by atoms with Crippen LogP contribution in [-0.4, -0.2) is 0 Å². The van der Waals surface area contributed by atoms with Gasteiger partial charge in [0.2, 0.25) is 0 Å². The molecule has 8 heavy (non-hydrogen) atoms. The second-order valence-electron chi connectivity index (χ2n) is 2.03. The van der Waals surface area contributed by atoms with Crippen LogP contribution >= 0.6 is 0 Å². The fourth-order valence-electron chi connectivity index (χ4n) is 0.751. The second kappa shape index (κ2) is 3.27. The van der Waals surface area contributed by atoms with E-state index in [9.17, 15) is 0 Å². The van der Waals surface area contributed by atoms with E-state index in [4.69, 9.17) is 0 Å². The average molecular weight is 141 g/mol. The van der Waals surface area contributed by atoms with Crippen LogP contribution in [0.5, 0.6) is 0 Å². The minimum Gasteiger partial charge on any atom is -0.270 e. The Morgan fingerprint density at radius 2 is 2.12 bits per heavy atom. The van der Waals surface area contributed by atoms with Gasteiger partial charge in [-0.05, 0) is 0 Å². The van der Waals surface area contributed by atoms with Gasteiger partial charge in [0.05, 0.1) is 0 Å². The van der Waals surface area contributed by atoms with E-state index in [0.717, 1.165) is 6.42 Å². The first kappa shape index (κ1) is 8.19. The van der Waals surface area contributed by atoms with Gasteiger partial charge in [0.15, 0.2) is 0 Å². The Hall–Kier alpha value is 0.194. The standard InChI is InChI=1S/C7H9.Ti/c1-6-3-4-7(2)5-6;/h5H,3H2,1-2H3;/q-1;. The Morgan fingerprint density at radius 3 is 2.25 bits per heavy atom. The molecule has 0 aromatic heterocycles. The van der Waals surface area contributed by atoms with Gasteiger partial charge >= 0.3 is 0 Å². The van der Waals surface area contributed by atoms with Crippen molar-refractivity contribution in [1.82, 2.24) is 0 Å². The number of hydrogen-bond acceptors (Lipinski definition) is 0. The maximum Gasteiger partial charge on any atom is 0 e. The second-order valence-corrected chi connectivity index (χ2v) is 2.03. The van der Waals surface area contributed by atoms with Crippen LogP contribution in [-0.2, 0) is 21.7 Å². The van der Waals surface area contributed by atoms with Crippen LogP contribution in [0.1, 0.15) is 20.3 Å². The largest absolute Gasteiger partial charge is 0.270 e. The Bertz CT molecular complexity index is 131. The van der Waals surface area contributed by atoms with E-state index in [2.05, 4.69) is 26.0 Å². The zero-order valence-electron chi connectivity index (χ0n) is 5.28. The van der Waals surface area contributed by atoms with E-state index in [1.165, 1.54) is 11.1 Å². The molecular weight excluding hydrogens is 132 g/mol. The molecule has 0 heterocycles. The Labute approximate surface area is 65.6 Å². The SMILES string of the molecule is CC1=[C-]CC(C)=C1.[Ti]. The molecule has 1 rings (SSSR count). The van der Waals surface area contributed by atoms with Crippen LogP contribution < -0.4 is 0 Å². The summed E-state index contributed by atoms with van der Waals surface area (Å²) < 4.78 is 0. The molecule has 0 bridgehead atoms. The van der Waals surface area contributed by atoms with Crippen molar-refractivity contribution < 1.29 is 21.7 Å². The van der Waals surface area contributed by atoms with E-state index in [-0.39, 0.29) is 21.7 Å². The van der Waals surface area contributed by atoms with Gasteiger partial charge in [-0.3, -0.25) is 6.08 Å². The first-order valence-electron chi connectivity index (χ1n) is 2.53. The van der Waals surface area contributed by atoms with Gasteiger partial charge in [-0.1, -0.05) is 13.8 Å². The summed E-state index contributed by atoms with van der Waals surface area (Å²) in [6.07, 6.45) is 6.41. The van der Waals surface area contributed by atoms with Gasteiger partial charge < -0.3 is 0 Å². The predicted molar refractivity (Wildman–Crippen MR) is 30.8 cm³/mol. The molecule has 0 saturated carbocycles. The summed E-state index contributed by atoms with van der Waals surface area (Å²) in [5, 5.41) is 0. The van der Waals surface area contributed by atoms with Crippen LogP contribution in [0.3, 0.4) is 0 Å². The maximum absolute atomic E-state index is 3.19. The molecule has 0 spiro atoms. The Morgan fingerprint density at radius 1 is 1.50 bits per heavy atom. The summed E-state index contributed by atoms with van der Waals surface area (Å²) >= 11 is 0. The van der Waals surface area contributed by atoms with Crippen molar-refractivity contribution in [1.29, 1.82) is 0 Å². The molecule has 42 valence electrons. The number of hydrogen-bond donors (Lipinski definition) is 0. The molecule has 0 nitrogen and oxygen atoms in total. The molecule has 0 saturated heterocycles. The molecule has 0 atom stereocenters. The molecule has 0 aromatic carbocycles. The molecule has 0 aliphatic heterocycles. The van der Waals surface area contributed by atoms with Crippen molar-refractivity contribution in [2.45, 2.75) is 20.3 Å². The molecule has 0 N–H and O–H groups in total. The van der Waals surface area contributed by atoms with Crippen molar-refractivity contribution in [3.05, 3.63) is 23.3 Å². The van der Waals surface area contributed by atoms with Crippen LogP contribution in [0.25, 0.3) is 0 Å². The van der Waals surface area contributed by atoms with E-state index in [1.807, 2.05) is 0 Å². The van der Waals surface area contributed by atoms with Crippen molar-refractivity contribution in [2.24, 2.45) is 0 Å². The first-order chi connectivity index (χ1) is 3.29. The van der Waals surface area contributed by atoms with E-state index < -0.39 is 0 Å². The smallest absolute Gasteiger partial charge is 0 e. The van der Waals surface area contributed by atoms with E-state index >= 15 is 0 Å². The number of allylic oxidation sites excluding steroid dienone is 4. The van der Waals surface area contributed by atoms with Crippen molar-refractivity contribution in [3.63, 3.8) is 0 Å². The van der Waals surface area contributed by atoms with Gasteiger partial charge in [-0.2, -0.15) is 5.57 Å². The fourth-order valence-corrected chi connectivity index (χ4v) is 0.751. The molecule has 1 heteroatoms. The zero-order valence-corrected chi connectivity index (χ0v) is 6.85. The summed E-state index contributed by atoms with van der Waals surface area (Å²) in [6.45, 7) is 4.21. The summed E-state index contributed by atoms with van der Waals surface area (Å²) in [6, 6.07) is 0. The average Bonchev–Trinajstić information content (AvgIpc) is 1.87. The molecule has 0 aromatic rings. The first-order valence-corrected chi connectivity index (χ1v) is 2.53. The normalized spacial score (nSPS) is 16.8. The van der Waals surface area contributed by atoms with Crippen molar-refractivity contribution in [3.8, 4) is 0 Å². The van der Waals surface area contributed by atoms with Gasteiger partial charge in [0.1, 0.15) is 0 Å². The van der Waals surface area contributed by atoms with Gasteiger partial charge in [0.25, 0.3) is 0 Å². The van der Waals surface area contributed by atoms with E-state index in [0.29, 0.717) is 0 Å². The minimum absolute atomic E-state index is 0. The van der Waals surface area contributed by atoms with Crippen molar-refractivity contribution in [2.75, 3.05) is 0 Å². The maximum atomic E-state index is 3.19. The summed E-state index contributed by atoms with van der Waals surface area (Å²) in [7, 11) is 0. The Balaban J connectivity index is 0.000000490. The molecule has 1 aliphatic carbocycles. The summed E-state index contributed by atoms with van der Waals surface area (Å²) in [5.41, 5.74) is 2.72. The molecule has 0 radical (unpaired) electrons. The van der Waals surface area contributed by atoms with Crippen LogP contribution in [0.15, 0.2) is 17.2 Å². The third-order valence-electron chi connectivity index (χ3n) is 1.11. The topological polar surface area (TPSA) is 0 Å². The quantitative estimate of drug-likeness (QED) is 0.358. The van der Waals surface area contributed by atoms with Gasteiger partial charge in [0, 0.05) is 21.7 Å². The summed E-state index contributed by atoms with van der Waals surface area (Å²) in [5.74, 6) is 0. The Kier molecular flexibility index (Phi) is 3.34. The van der Waals surface area contributed by atoms with Gasteiger partial charge in [-0.15, -0.1) is 6.42 Å².